The van der Waals surface area contributed by atoms with Gasteiger partial charge in [0.05, 0.1) is 30.5 Å². The van der Waals surface area contributed by atoms with Crippen LogP contribution in [0.3, 0.4) is 0 Å². The zero-order chi connectivity index (χ0) is 18.8. The van der Waals surface area contributed by atoms with Crippen LogP contribution in [0.15, 0.2) is 82.6 Å². The van der Waals surface area contributed by atoms with Crippen LogP contribution in [-0.4, -0.2) is 19.0 Å². The summed E-state index contributed by atoms with van der Waals surface area (Å²) in [5.74, 6) is -0.501. The van der Waals surface area contributed by atoms with Crippen molar-refractivity contribution in [3.05, 3.63) is 89.5 Å². The molecule has 0 radical (unpaired) electrons. The number of ether oxygens (including phenoxy) is 1. The monoisotopic (exact) mass is 375 g/mol. The largest absolute Gasteiger partial charge is 0.465 e. The molecular formula is C22H17NO3S. The summed E-state index contributed by atoms with van der Waals surface area (Å²) in [5, 5.41) is 0. The summed E-state index contributed by atoms with van der Waals surface area (Å²) in [6, 6.07) is 22.7. The Morgan fingerprint density at radius 2 is 1.70 bits per heavy atom. The van der Waals surface area contributed by atoms with Crippen molar-refractivity contribution >= 4 is 29.3 Å². The summed E-state index contributed by atoms with van der Waals surface area (Å²) in [6.45, 7) is 0.423. The number of esters is 1. The molecule has 0 atom stereocenters. The molecule has 0 bridgehead atoms. The summed E-state index contributed by atoms with van der Waals surface area (Å²) >= 11 is 1.53. The molecule has 4 rings (SSSR count). The van der Waals surface area contributed by atoms with E-state index in [1.165, 1.54) is 18.9 Å². The van der Waals surface area contributed by atoms with E-state index in [0.717, 1.165) is 15.4 Å². The van der Waals surface area contributed by atoms with Crippen LogP contribution in [-0.2, 0) is 11.3 Å². The molecule has 0 aromatic heterocycles. The van der Waals surface area contributed by atoms with Gasteiger partial charge in [0.2, 0.25) is 0 Å². The smallest absolute Gasteiger partial charge is 0.337 e. The van der Waals surface area contributed by atoms with Crippen molar-refractivity contribution in [2.24, 2.45) is 0 Å². The standard InChI is InChI=1S/C22H17NO3S/c1-26-22(25)16-11-12-20-18(13-16)23(14-15-7-3-2-4-8-15)21(24)17-9-5-6-10-19(17)27-20/h2-13H,14H2,1H3. The van der Waals surface area contributed by atoms with Crippen LogP contribution in [0.2, 0.25) is 0 Å². The van der Waals surface area contributed by atoms with E-state index in [4.69, 9.17) is 4.74 Å². The predicted molar refractivity (Wildman–Crippen MR) is 105 cm³/mol. The third kappa shape index (κ3) is 3.34. The first-order chi connectivity index (χ1) is 13.2. The van der Waals surface area contributed by atoms with Gasteiger partial charge in [0.15, 0.2) is 0 Å². The van der Waals surface area contributed by atoms with Gasteiger partial charge in [-0.2, -0.15) is 0 Å². The average Bonchev–Trinajstić information content (AvgIpc) is 2.83. The second kappa shape index (κ2) is 7.29. The normalized spacial score (nSPS) is 12.8. The molecule has 0 saturated carbocycles. The van der Waals surface area contributed by atoms with Crippen molar-refractivity contribution in [1.82, 2.24) is 0 Å². The Kier molecular flexibility index (Phi) is 4.69. The Balaban J connectivity index is 1.86. The summed E-state index contributed by atoms with van der Waals surface area (Å²) in [4.78, 5) is 28.9. The fourth-order valence-electron chi connectivity index (χ4n) is 3.09. The molecule has 1 heterocycles. The molecule has 3 aromatic carbocycles. The van der Waals surface area contributed by atoms with E-state index in [2.05, 4.69) is 0 Å². The number of hydrogen-bond donors (Lipinski definition) is 0. The molecule has 1 amide bonds. The zero-order valence-electron chi connectivity index (χ0n) is 14.7. The van der Waals surface area contributed by atoms with E-state index in [1.54, 1.807) is 17.0 Å². The van der Waals surface area contributed by atoms with Gasteiger partial charge in [0.25, 0.3) is 5.91 Å². The van der Waals surface area contributed by atoms with E-state index in [9.17, 15) is 9.59 Å². The minimum Gasteiger partial charge on any atom is -0.465 e. The van der Waals surface area contributed by atoms with Crippen LogP contribution in [0.4, 0.5) is 5.69 Å². The number of carbonyl (C=O) groups is 2. The van der Waals surface area contributed by atoms with Crippen LogP contribution in [0.5, 0.6) is 0 Å². The van der Waals surface area contributed by atoms with Gasteiger partial charge < -0.3 is 9.64 Å². The predicted octanol–water partition coefficient (Wildman–Crippen LogP) is 4.78. The maximum Gasteiger partial charge on any atom is 0.337 e. The molecule has 1 aliphatic rings. The maximum atomic E-state index is 13.4. The lowest BCUT2D eigenvalue weighted by Crippen LogP contribution is -2.30. The highest BCUT2D eigenvalue weighted by molar-refractivity contribution is 7.99. The lowest BCUT2D eigenvalue weighted by Gasteiger charge is -2.23. The highest BCUT2D eigenvalue weighted by Gasteiger charge is 2.28. The van der Waals surface area contributed by atoms with Gasteiger partial charge in [-0.05, 0) is 35.9 Å². The maximum absolute atomic E-state index is 13.4. The Bertz CT molecular complexity index is 1020. The molecule has 5 heteroatoms. The first kappa shape index (κ1) is 17.4. The Labute approximate surface area is 161 Å². The number of nitrogens with zero attached hydrogens (tertiary/aromatic N) is 1. The van der Waals surface area contributed by atoms with Crippen molar-refractivity contribution in [2.45, 2.75) is 16.3 Å². The van der Waals surface area contributed by atoms with E-state index in [1.807, 2.05) is 60.7 Å². The van der Waals surface area contributed by atoms with Crippen LogP contribution in [0.1, 0.15) is 26.3 Å². The number of anilines is 1. The average molecular weight is 375 g/mol. The van der Waals surface area contributed by atoms with Gasteiger partial charge in [-0.15, -0.1) is 0 Å². The van der Waals surface area contributed by atoms with E-state index in [0.29, 0.717) is 23.4 Å². The molecule has 0 aliphatic carbocycles. The van der Waals surface area contributed by atoms with Crippen molar-refractivity contribution < 1.29 is 14.3 Å². The van der Waals surface area contributed by atoms with E-state index in [-0.39, 0.29) is 5.91 Å². The molecular weight excluding hydrogens is 358 g/mol. The summed E-state index contributed by atoms with van der Waals surface area (Å²) in [5.41, 5.74) is 2.82. The highest BCUT2D eigenvalue weighted by Crippen LogP contribution is 2.42. The minimum absolute atomic E-state index is 0.0808. The molecule has 134 valence electrons. The number of carbonyl (C=O) groups excluding carboxylic acids is 2. The summed E-state index contributed by atoms with van der Waals surface area (Å²) < 4.78 is 4.85. The van der Waals surface area contributed by atoms with Crippen LogP contribution >= 0.6 is 11.8 Å². The van der Waals surface area contributed by atoms with Gasteiger partial charge in [-0.1, -0.05) is 54.2 Å². The van der Waals surface area contributed by atoms with Crippen molar-refractivity contribution in [1.29, 1.82) is 0 Å². The molecule has 4 nitrogen and oxygen atoms in total. The number of fused-ring (bicyclic) bond motifs is 2. The SMILES string of the molecule is COC(=O)c1ccc2c(c1)N(Cc1ccccc1)C(=O)c1ccccc1S2. The molecule has 0 fully saturated rings. The van der Waals surface area contributed by atoms with Crippen molar-refractivity contribution in [2.75, 3.05) is 12.0 Å². The van der Waals surface area contributed by atoms with Gasteiger partial charge in [0, 0.05) is 9.79 Å². The first-order valence-corrected chi connectivity index (χ1v) is 9.34. The van der Waals surface area contributed by atoms with Crippen LogP contribution in [0.25, 0.3) is 0 Å². The molecule has 0 N–H and O–H groups in total. The summed E-state index contributed by atoms with van der Waals surface area (Å²) in [6.07, 6.45) is 0. The Morgan fingerprint density at radius 1 is 0.963 bits per heavy atom. The number of methoxy groups -OCH3 is 1. The number of benzene rings is 3. The van der Waals surface area contributed by atoms with Crippen molar-refractivity contribution in [3.63, 3.8) is 0 Å². The minimum atomic E-state index is -0.420. The van der Waals surface area contributed by atoms with E-state index < -0.39 is 5.97 Å². The van der Waals surface area contributed by atoms with Crippen molar-refractivity contribution in [3.8, 4) is 0 Å². The zero-order valence-corrected chi connectivity index (χ0v) is 15.5. The molecule has 1 aliphatic heterocycles. The third-order valence-corrected chi connectivity index (χ3v) is 5.58. The molecule has 27 heavy (non-hydrogen) atoms. The molecule has 3 aromatic rings. The molecule has 0 spiro atoms. The number of hydrogen-bond acceptors (Lipinski definition) is 4. The second-order valence-electron chi connectivity index (χ2n) is 6.15. The number of amides is 1. The number of rotatable bonds is 3. The van der Waals surface area contributed by atoms with Crippen LogP contribution < -0.4 is 4.90 Å². The van der Waals surface area contributed by atoms with Gasteiger partial charge in [-0.3, -0.25) is 4.79 Å². The summed E-state index contributed by atoms with van der Waals surface area (Å²) in [7, 11) is 1.35. The molecule has 0 saturated heterocycles. The first-order valence-electron chi connectivity index (χ1n) is 8.52. The van der Waals surface area contributed by atoms with Crippen LogP contribution in [0, 0.1) is 0 Å². The fraction of sp³-hybridized carbons (Fsp3) is 0.0909. The Hall–Kier alpha value is -3.05. The quantitative estimate of drug-likeness (QED) is 0.618. The highest BCUT2D eigenvalue weighted by atomic mass is 32.2. The molecule has 0 unspecified atom stereocenters. The Morgan fingerprint density at radius 3 is 2.48 bits per heavy atom. The lowest BCUT2D eigenvalue weighted by atomic mass is 10.1. The van der Waals surface area contributed by atoms with Gasteiger partial charge >= 0.3 is 5.97 Å². The van der Waals surface area contributed by atoms with E-state index >= 15 is 0 Å². The van der Waals surface area contributed by atoms with Gasteiger partial charge in [0.1, 0.15) is 0 Å². The topological polar surface area (TPSA) is 46.6 Å². The van der Waals surface area contributed by atoms with Gasteiger partial charge in [-0.25, -0.2) is 4.79 Å². The third-order valence-electron chi connectivity index (χ3n) is 4.44. The lowest BCUT2D eigenvalue weighted by molar-refractivity contribution is 0.0600. The second-order valence-corrected chi connectivity index (χ2v) is 7.23. The fourth-order valence-corrected chi connectivity index (χ4v) is 4.15.